The van der Waals surface area contributed by atoms with Crippen molar-refractivity contribution in [3.05, 3.63) is 23.8 Å². The highest BCUT2D eigenvalue weighted by Crippen LogP contribution is 2.28. The molecule has 0 heterocycles. The van der Waals surface area contributed by atoms with Gasteiger partial charge in [-0.3, -0.25) is 9.59 Å². The summed E-state index contributed by atoms with van der Waals surface area (Å²) in [7, 11) is 3.16. The Balaban J connectivity index is 2.74. The zero-order valence-corrected chi connectivity index (χ0v) is 11.7. The van der Waals surface area contributed by atoms with Gasteiger partial charge in [-0.1, -0.05) is 0 Å². The van der Waals surface area contributed by atoms with Crippen molar-refractivity contribution in [3.8, 4) is 11.5 Å². The molecule has 0 saturated carbocycles. The first-order chi connectivity index (χ1) is 9.72. The molecule has 0 aliphatic carbocycles. The standard InChI is InChI=1S/C14H19NO5/c1-18-6-3-7-20-14-8-11(4-5-13(14)19-2)12(17)9-15-10-16/h4-5,8,10H,3,6-7,9H2,1-2H3,(H,15,16). The number of carbonyl (C=O) groups is 2. The normalized spacial score (nSPS) is 9.90. The number of carbonyl (C=O) groups excluding carboxylic acids is 2. The Morgan fingerprint density at radius 3 is 2.70 bits per heavy atom. The molecule has 0 bridgehead atoms. The van der Waals surface area contributed by atoms with Gasteiger partial charge in [-0.15, -0.1) is 0 Å². The second-order valence-electron chi connectivity index (χ2n) is 3.98. The van der Waals surface area contributed by atoms with E-state index in [1.165, 1.54) is 7.11 Å². The highest BCUT2D eigenvalue weighted by molar-refractivity contribution is 5.98. The zero-order chi connectivity index (χ0) is 14.8. The number of methoxy groups -OCH3 is 2. The summed E-state index contributed by atoms with van der Waals surface area (Å²) in [6.45, 7) is 1.03. The van der Waals surface area contributed by atoms with Crippen LogP contribution in [0.3, 0.4) is 0 Å². The molecule has 110 valence electrons. The molecule has 0 saturated heterocycles. The van der Waals surface area contributed by atoms with Crippen LogP contribution >= 0.6 is 0 Å². The third-order valence-electron chi connectivity index (χ3n) is 2.58. The molecule has 0 unspecified atom stereocenters. The first-order valence-electron chi connectivity index (χ1n) is 6.23. The zero-order valence-electron chi connectivity index (χ0n) is 11.7. The van der Waals surface area contributed by atoms with Crippen molar-refractivity contribution in [2.75, 3.05) is 34.0 Å². The lowest BCUT2D eigenvalue weighted by Gasteiger charge is -2.12. The molecule has 1 amide bonds. The fourth-order valence-corrected chi connectivity index (χ4v) is 1.58. The minimum Gasteiger partial charge on any atom is -0.493 e. The Labute approximate surface area is 118 Å². The van der Waals surface area contributed by atoms with Crippen molar-refractivity contribution in [3.63, 3.8) is 0 Å². The second kappa shape index (κ2) is 8.92. The first-order valence-corrected chi connectivity index (χ1v) is 6.23. The van der Waals surface area contributed by atoms with Gasteiger partial charge in [0.15, 0.2) is 17.3 Å². The summed E-state index contributed by atoms with van der Waals surface area (Å²) in [6.07, 6.45) is 1.23. The summed E-state index contributed by atoms with van der Waals surface area (Å²) in [5.74, 6) is 0.865. The van der Waals surface area contributed by atoms with Crippen LogP contribution in [0.1, 0.15) is 16.8 Å². The van der Waals surface area contributed by atoms with Crippen LogP contribution in [0.25, 0.3) is 0 Å². The number of hydrogen-bond acceptors (Lipinski definition) is 5. The Hall–Kier alpha value is -2.08. The molecule has 0 fully saturated rings. The van der Waals surface area contributed by atoms with Crippen LogP contribution in [0, 0.1) is 0 Å². The fourth-order valence-electron chi connectivity index (χ4n) is 1.58. The molecule has 0 spiro atoms. The van der Waals surface area contributed by atoms with Gasteiger partial charge in [-0.25, -0.2) is 0 Å². The largest absolute Gasteiger partial charge is 0.493 e. The van der Waals surface area contributed by atoms with Crippen molar-refractivity contribution in [2.45, 2.75) is 6.42 Å². The van der Waals surface area contributed by atoms with Gasteiger partial charge in [0.1, 0.15) is 0 Å². The third-order valence-corrected chi connectivity index (χ3v) is 2.58. The highest BCUT2D eigenvalue weighted by atomic mass is 16.5. The van der Waals surface area contributed by atoms with Crippen LogP contribution < -0.4 is 14.8 Å². The van der Waals surface area contributed by atoms with Gasteiger partial charge >= 0.3 is 0 Å². The average Bonchev–Trinajstić information content (AvgIpc) is 2.49. The summed E-state index contributed by atoms with van der Waals surface area (Å²) in [5, 5.41) is 2.34. The number of ketones is 1. The van der Waals surface area contributed by atoms with Crippen molar-refractivity contribution < 1.29 is 23.8 Å². The molecule has 20 heavy (non-hydrogen) atoms. The number of hydrogen-bond donors (Lipinski definition) is 1. The van der Waals surface area contributed by atoms with E-state index in [1.807, 2.05) is 0 Å². The lowest BCUT2D eigenvalue weighted by atomic mass is 10.1. The Bertz CT molecular complexity index is 447. The van der Waals surface area contributed by atoms with Crippen molar-refractivity contribution >= 4 is 12.2 Å². The third kappa shape index (κ3) is 4.89. The lowest BCUT2D eigenvalue weighted by molar-refractivity contribution is -0.109. The van der Waals surface area contributed by atoms with E-state index >= 15 is 0 Å². The topological polar surface area (TPSA) is 73.9 Å². The molecular weight excluding hydrogens is 262 g/mol. The molecule has 1 rings (SSSR count). The number of ether oxygens (including phenoxy) is 3. The minimum atomic E-state index is -0.193. The van der Waals surface area contributed by atoms with Gasteiger partial charge < -0.3 is 19.5 Å². The van der Waals surface area contributed by atoms with E-state index in [0.717, 1.165) is 6.42 Å². The lowest BCUT2D eigenvalue weighted by Crippen LogP contribution is -2.21. The Morgan fingerprint density at radius 1 is 1.25 bits per heavy atom. The predicted molar refractivity (Wildman–Crippen MR) is 73.4 cm³/mol. The molecule has 1 aromatic carbocycles. The fraction of sp³-hybridized carbons (Fsp3) is 0.429. The summed E-state index contributed by atoms with van der Waals surface area (Å²) in [5.41, 5.74) is 0.460. The molecule has 6 heteroatoms. The maximum atomic E-state index is 11.8. The van der Waals surface area contributed by atoms with Crippen molar-refractivity contribution in [1.82, 2.24) is 5.32 Å². The maximum Gasteiger partial charge on any atom is 0.207 e. The smallest absolute Gasteiger partial charge is 0.207 e. The number of benzene rings is 1. The number of amides is 1. The molecular formula is C14H19NO5. The monoisotopic (exact) mass is 281 g/mol. The maximum absolute atomic E-state index is 11.8. The quantitative estimate of drug-likeness (QED) is 0.394. The van der Waals surface area contributed by atoms with E-state index in [2.05, 4.69) is 5.32 Å². The van der Waals surface area contributed by atoms with Crippen LogP contribution in [0.2, 0.25) is 0 Å². The molecule has 0 aliphatic rings. The molecule has 1 N–H and O–H groups in total. The van der Waals surface area contributed by atoms with Crippen LogP contribution in [0.4, 0.5) is 0 Å². The Morgan fingerprint density at radius 2 is 2.05 bits per heavy atom. The summed E-state index contributed by atoms with van der Waals surface area (Å²) >= 11 is 0. The number of Topliss-reactive ketones (excluding diaryl/α,β-unsaturated/α-hetero) is 1. The van der Waals surface area contributed by atoms with Gasteiger partial charge in [0.2, 0.25) is 6.41 Å². The van der Waals surface area contributed by atoms with Gasteiger partial charge in [0.25, 0.3) is 0 Å². The van der Waals surface area contributed by atoms with E-state index in [1.54, 1.807) is 25.3 Å². The SMILES string of the molecule is COCCCOc1cc(C(=O)CNC=O)ccc1OC. The van der Waals surface area contributed by atoms with Crippen molar-refractivity contribution in [1.29, 1.82) is 0 Å². The highest BCUT2D eigenvalue weighted by Gasteiger charge is 2.11. The van der Waals surface area contributed by atoms with Gasteiger partial charge in [-0.2, -0.15) is 0 Å². The van der Waals surface area contributed by atoms with E-state index in [-0.39, 0.29) is 12.3 Å². The summed E-state index contributed by atoms with van der Waals surface area (Å²) in [6, 6.07) is 4.91. The summed E-state index contributed by atoms with van der Waals surface area (Å²) in [4.78, 5) is 22.0. The van der Waals surface area contributed by atoms with Gasteiger partial charge in [-0.05, 0) is 18.2 Å². The van der Waals surface area contributed by atoms with Gasteiger partial charge in [0, 0.05) is 25.7 Å². The van der Waals surface area contributed by atoms with E-state index in [4.69, 9.17) is 14.2 Å². The molecule has 0 radical (unpaired) electrons. The van der Waals surface area contributed by atoms with Crippen LogP contribution in [-0.2, 0) is 9.53 Å². The molecule has 0 aromatic heterocycles. The van der Waals surface area contributed by atoms with E-state index < -0.39 is 0 Å². The summed E-state index contributed by atoms with van der Waals surface area (Å²) < 4.78 is 15.7. The molecule has 1 aromatic rings. The van der Waals surface area contributed by atoms with E-state index in [0.29, 0.717) is 36.7 Å². The number of rotatable bonds is 10. The van der Waals surface area contributed by atoms with E-state index in [9.17, 15) is 9.59 Å². The van der Waals surface area contributed by atoms with Gasteiger partial charge in [0.05, 0.1) is 20.3 Å². The molecule has 6 nitrogen and oxygen atoms in total. The average molecular weight is 281 g/mol. The Kier molecular flexibility index (Phi) is 7.13. The predicted octanol–water partition coefficient (Wildman–Crippen LogP) is 1.04. The van der Waals surface area contributed by atoms with Crippen molar-refractivity contribution in [2.24, 2.45) is 0 Å². The van der Waals surface area contributed by atoms with Crippen LogP contribution in [0.5, 0.6) is 11.5 Å². The molecule has 0 aliphatic heterocycles. The second-order valence-corrected chi connectivity index (χ2v) is 3.98. The van der Waals surface area contributed by atoms with Crippen LogP contribution in [0.15, 0.2) is 18.2 Å². The number of nitrogens with one attached hydrogen (secondary N) is 1. The first kappa shape index (κ1) is 16.0. The minimum absolute atomic E-state index is 0.0427. The van der Waals surface area contributed by atoms with Crippen LogP contribution in [-0.4, -0.2) is 46.2 Å². The molecule has 0 atom stereocenters.